The Kier molecular flexibility index (Phi) is 5.58. The summed E-state index contributed by atoms with van der Waals surface area (Å²) in [4.78, 5) is 13.5. The minimum absolute atomic E-state index is 0.0283. The number of halogens is 4. The Morgan fingerprint density at radius 3 is 2.43 bits per heavy atom. The van der Waals surface area contributed by atoms with Gasteiger partial charge < -0.3 is 15.1 Å². The van der Waals surface area contributed by atoms with Crippen molar-refractivity contribution >= 4 is 11.5 Å². The fourth-order valence-electron chi connectivity index (χ4n) is 4.08. The number of phenols is 1. The van der Waals surface area contributed by atoms with Crippen molar-refractivity contribution in [2.45, 2.75) is 43.9 Å². The number of ketones is 1. The van der Waals surface area contributed by atoms with Gasteiger partial charge in [0.05, 0.1) is 6.54 Å². The molecule has 1 aliphatic rings. The first-order valence-corrected chi connectivity index (χ1v) is 9.49. The van der Waals surface area contributed by atoms with Gasteiger partial charge in [-0.05, 0) is 42.2 Å². The first kappa shape index (κ1) is 22.1. The number of phenolic OH excluding ortho intramolecular Hbond substituents is 1. The van der Waals surface area contributed by atoms with E-state index in [-0.39, 0.29) is 30.1 Å². The van der Waals surface area contributed by atoms with Crippen molar-refractivity contribution in [2.24, 2.45) is 0 Å². The molecule has 3 rings (SSSR count). The van der Waals surface area contributed by atoms with Crippen molar-refractivity contribution in [3.63, 3.8) is 0 Å². The quantitative estimate of drug-likeness (QED) is 0.689. The molecule has 0 spiro atoms. The highest BCUT2D eigenvalue weighted by Crippen LogP contribution is 2.44. The van der Waals surface area contributed by atoms with Crippen molar-refractivity contribution in [3.05, 3.63) is 59.4 Å². The van der Waals surface area contributed by atoms with E-state index in [9.17, 15) is 32.6 Å². The van der Waals surface area contributed by atoms with Crippen LogP contribution < -0.4 is 4.90 Å². The summed E-state index contributed by atoms with van der Waals surface area (Å²) in [6.45, 7) is 2.07. The zero-order chi connectivity index (χ0) is 22.3. The van der Waals surface area contributed by atoms with Crippen LogP contribution in [0.15, 0.2) is 42.5 Å². The molecule has 0 aliphatic carbocycles. The number of nitrogens with zero attached hydrogens (tertiary/aromatic N) is 1. The van der Waals surface area contributed by atoms with Crippen molar-refractivity contribution in [3.8, 4) is 5.75 Å². The number of aromatic hydroxyl groups is 1. The van der Waals surface area contributed by atoms with Crippen molar-refractivity contribution in [1.82, 2.24) is 0 Å². The standard InChI is InChI=1S/C22H23F4NO3/c1-20(2,16-11-14(23)7-8-19(16)29)12-21(30,22(24,25)26)13-27-10-9-18(28)15-5-3-4-6-17(15)27/h3-8,11,29-30H,9-10,12-13H2,1-2H3. The van der Waals surface area contributed by atoms with Gasteiger partial charge in [0.25, 0.3) is 0 Å². The number of aliphatic hydroxyl groups is 1. The number of para-hydroxylation sites is 1. The van der Waals surface area contributed by atoms with Crippen LogP contribution >= 0.6 is 0 Å². The van der Waals surface area contributed by atoms with Crippen LogP contribution in [0.5, 0.6) is 5.75 Å². The van der Waals surface area contributed by atoms with Crippen LogP contribution in [0, 0.1) is 5.82 Å². The average Bonchev–Trinajstić information content (AvgIpc) is 2.65. The third-order valence-corrected chi connectivity index (χ3v) is 5.56. The van der Waals surface area contributed by atoms with E-state index in [4.69, 9.17) is 0 Å². The van der Waals surface area contributed by atoms with Crippen LogP contribution in [0.3, 0.4) is 0 Å². The van der Waals surface area contributed by atoms with E-state index in [2.05, 4.69) is 0 Å². The maximum atomic E-state index is 14.1. The second-order valence-corrected chi connectivity index (χ2v) is 8.36. The number of carbonyl (C=O) groups excluding carboxylic acids is 1. The number of carbonyl (C=O) groups is 1. The monoisotopic (exact) mass is 425 g/mol. The maximum absolute atomic E-state index is 14.1. The molecule has 1 heterocycles. The Balaban J connectivity index is 1.97. The third-order valence-electron chi connectivity index (χ3n) is 5.56. The predicted molar refractivity (Wildman–Crippen MR) is 104 cm³/mol. The zero-order valence-corrected chi connectivity index (χ0v) is 16.6. The SMILES string of the molecule is CC(C)(CC(O)(CN1CCC(=O)c2ccccc21)C(F)(F)F)c1cc(F)ccc1O. The van der Waals surface area contributed by atoms with Gasteiger partial charge in [-0.15, -0.1) is 0 Å². The lowest BCUT2D eigenvalue weighted by molar-refractivity contribution is -0.262. The largest absolute Gasteiger partial charge is 0.508 e. The molecule has 2 N–H and O–H groups in total. The summed E-state index contributed by atoms with van der Waals surface area (Å²) in [6, 6.07) is 9.40. The number of alkyl halides is 3. The van der Waals surface area contributed by atoms with Gasteiger partial charge in [-0.25, -0.2) is 4.39 Å². The molecule has 1 aliphatic heterocycles. The van der Waals surface area contributed by atoms with Gasteiger partial charge in [-0.1, -0.05) is 26.0 Å². The Labute approximate surface area is 171 Å². The van der Waals surface area contributed by atoms with Crippen molar-refractivity contribution < 1.29 is 32.6 Å². The molecule has 162 valence electrons. The van der Waals surface area contributed by atoms with Crippen LogP contribution in [0.1, 0.15) is 42.6 Å². The maximum Gasteiger partial charge on any atom is 0.418 e. The highest BCUT2D eigenvalue weighted by molar-refractivity contribution is 6.03. The molecule has 8 heteroatoms. The summed E-state index contributed by atoms with van der Waals surface area (Å²) in [7, 11) is 0. The number of anilines is 1. The molecule has 30 heavy (non-hydrogen) atoms. The normalized spacial score (nSPS) is 16.9. The number of rotatable bonds is 5. The molecule has 1 atom stereocenters. The molecule has 0 saturated carbocycles. The van der Waals surface area contributed by atoms with Crippen molar-refractivity contribution in [1.29, 1.82) is 0 Å². The molecule has 2 aromatic carbocycles. The molecule has 0 aromatic heterocycles. The van der Waals surface area contributed by atoms with Gasteiger partial charge in [-0.2, -0.15) is 13.2 Å². The van der Waals surface area contributed by atoms with Crippen LogP contribution in [0.2, 0.25) is 0 Å². The minimum atomic E-state index is -5.00. The van der Waals surface area contributed by atoms with Gasteiger partial charge in [-0.3, -0.25) is 4.79 Å². The molecule has 0 fully saturated rings. The summed E-state index contributed by atoms with van der Waals surface area (Å²) < 4.78 is 55.9. The molecule has 1 unspecified atom stereocenters. The van der Waals surface area contributed by atoms with Gasteiger partial charge in [0, 0.05) is 29.8 Å². The summed E-state index contributed by atoms with van der Waals surface area (Å²) in [5.41, 5.74) is -3.94. The van der Waals surface area contributed by atoms with E-state index >= 15 is 0 Å². The number of Topliss-reactive ketones (excluding diaryl/α,β-unsaturated/α-hetero) is 1. The highest BCUT2D eigenvalue weighted by atomic mass is 19.4. The van der Waals surface area contributed by atoms with E-state index in [0.29, 0.717) is 11.3 Å². The fourth-order valence-corrected chi connectivity index (χ4v) is 4.08. The van der Waals surface area contributed by atoms with Crippen molar-refractivity contribution in [2.75, 3.05) is 18.0 Å². The molecule has 0 amide bonds. The first-order valence-electron chi connectivity index (χ1n) is 9.49. The van der Waals surface area contributed by atoms with Crippen LogP contribution in [-0.2, 0) is 5.41 Å². The predicted octanol–water partition coefficient (Wildman–Crippen LogP) is 4.59. The molecule has 0 radical (unpaired) electrons. The van der Waals surface area contributed by atoms with Gasteiger partial charge in [0.2, 0.25) is 0 Å². The lowest BCUT2D eigenvalue weighted by atomic mass is 9.74. The smallest absolute Gasteiger partial charge is 0.418 e. The lowest BCUT2D eigenvalue weighted by Gasteiger charge is -2.42. The molecule has 0 saturated heterocycles. The van der Waals surface area contributed by atoms with Crippen LogP contribution in [-0.4, -0.2) is 40.9 Å². The average molecular weight is 425 g/mol. The Morgan fingerprint density at radius 2 is 1.77 bits per heavy atom. The fraction of sp³-hybridized carbons (Fsp3) is 0.409. The van der Waals surface area contributed by atoms with E-state index in [1.807, 2.05) is 0 Å². The molecule has 0 bridgehead atoms. The van der Waals surface area contributed by atoms with Crippen LogP contribution in [0.4, 0.5) is 23.2 Å². The third kappa shape index (κ3) is 4.14. The summed E-state index contributed by atoms with van der Waals surface area (Å²) in [6.07, 6.45) is -5.77. The Bertz CT molecular complexity index is 958. The Morgan fingerprint density at radius 1 is 1.10 bits per heavy atom. The lowest BCUT2D eigenvalue weighted by Crippen LogP contribution is -2.57. The van der Waals surface area contributed by atoms with Gasteiger partial charge >= 0.3 is 6.18 Å². The number of β-amino-alcohol motifs (C(OH)–C–C–N with tert-alkyl or cyclic N) is 1. The molecule has 4 nitrogen and oxygen atoms in total. The topological polar surface area (TPSA) is 60.8 Å². The molecular weight excluding hydrogens is 402 g/mol. The van der Waals surface area contributed by atoms with E-state index in [1.165, 1.54) is 18.7 Å². The number of hydrogen-bond donors (Lipinski definition) is 2. The molecule has 2 aromatic rings. The van der Waals surface area contributed by atoms with E-state index in [0.717, 1.165) is 18.2 Å². The highest BCUT2D eigenvalue weighted by Gasteiger charge is 2.57. The first-order chi connectivity index (χ1) is 13.8. The summed E-state index contributed by atoms with van der Waals surface area (Å²) in [5, 5.41) is 20.9. The number of hydrogen-bond acceptors (Lipinski definition) is 4. The van der Waals surface area contributed by atoms with Gasteiger partial charge in [0.15, 0.2) is 11.4 Å². The second-order valence-electron chi connectivity index (χ2n) is 8.36. The number of fused-ring (bicyclic) bond motifs is 1. The Hall–Kier alpha value is -2.61. The summed E-state index contributed by atoms with van der Waals surface area (Å²) >= 11 is 0. The van der Waals surface area contributed by atoms with E-state index in [1.54, 1.807) is 24.3 Å². The minimum Gasteiger partial charge on any atom is -0.508 e. The van der Waals surface area contributed by atoms with Crippen LogP contribution in [0.25, 0.3) is 0 Å². The molecular formula is C22H23F4NO3. The second kappa shape index (κ2) is 7.58. The van der Waals surface area contributed by atoms with Gasteiger partial charge in [0.1, 0.15) is 11.6 Å². The zero-order valence-electron chi connectivity index (χ0n) is 16.6. The number of benzene rings is 2. The summed E-state index contributed by atoms with van der Waals surface area (Å²) in [5.74, 6) is -1.21. The van der Waals surface area contributed by atoms with E-state index < -0.39 is 36.0 Å².